The van der Waals surface area contributed by atoms with E-state index in [-0.39, 0.29) is 18.2 Å². The molecule has 3 atom stereocenters. The fourth-order valence-corrected chi connectivity index (χ4v) is 3.55. The molecule has 0 aromatic heterocycles. The molecular weight excluding hydrogens is 319 g/mol. The van der Waals surface area contributed by atoms with Crippen molar-refractivity contribution < 1.29 is 13.9 Å². The van der Waals surface area contributed by atoms with Crippen LogP contribution in [0.4, 0.5) is 4.39 Å². The van der Waals surface area contributed by atoms with Gasteiger partial charge in [0.15, 0.2) is 0 Å². The van der Waals surface area contributed by atoms with E-state index < -0.39 is 0 Å². The first-order valence-electron chi connectivity index (χ1n) is 8.26. The maximum Gasteiger partial charge on any atom is 0.126 e. The normalized spacial score (nSPS) is 27.4. The Hall–Kier alpha value is -0.880. The van der Waals surface area contributed by atoms with Gasteiger partial charge in [-0.15, -0.1) is 12.4 Å². The number of rotatable bonds is 6. The van der Waals surface area contributed by atoms with Gasteiger partial charge in [0.2, 0.25) is 0 Å². The van der Waals surface area contributed by atoms with Gasteiger partial charge in [0, 0.05) is 31.2 Å². The molecule has 130 valence electrons. The predicted molar refractivity (Wildman–Crippen MR) is 90.9 cm³/mol. The Morgan fingerprint density at radius 2 is 2.26 bits per heavy atom. The highest BCUT2D eigenvalue weighted by Gasteiger charge is 2.34. The highest BCUT2D eigenvalue weighted by Crippen LogP contribution is 2.29. The summed E-state index contributed by atoms with van der Waals surface area (Å²) in [5.74, 6) is 0.964. The second-order valence-corrected chi connectivity index (χ2v) is 6.10. The van der Waals surface area contributed by atoms with Crippen LogP contribution in [0.25, 0.3) is 0 Å². The number of hydrogen-bond acceptors (Lipinski definition) is 4. The molecule has 1 aliphatic heterocycles. The van der Waals surface area contributed by atoms with E-state index in [1.807, 2.05) is 0 Å². The van der Waals surface area contributed by atoms with Gasteiger partial charge in [-0.05, 0) is 30.9 Å². The highest BCUT2D eigenvalue weighted by atomic mass is 35.5. The first-order chi connectivity index (χ1) is 10.8. The van der Waals surface area contributed by atoms with Crippen molar-refractivity contribution in [1.29, 1.82) is 0 Å². The van der Waals surface area contributed by atoms with Gasteiger partial charge in [-0.1, -0.05) is 12.5 Å². The summed E-state index contributed by atoms with van der Waals surface area (Å²) in [6.07, 6.45) is 3.73. The average Bonchev–Trinajstić information content (AvgIpc) is 3.01. The predicted octanol–water partition coefficient (Wildman–Crippen LogP) is 2.37. The van der Waals surface area contributed by atoms with Gasteiger partial charge in [0.05, 0.1) is 13.2 Å². The van der Waals surface area contributed by atoms with Crippen LogP contribution in [0.5, 0.6) is 5.75 Å². The Morgan fingerprint density at radius 1 is 1.35 bits per heavy atom. The van der Waals surface area contributed by atoms with Crippen molar-refractivity contribution in [3.63, 3.8) is 0 Å². The summed E-state index contributed by atoms with van der Waals surface area (Å²) in [5.41, 5.74) is 0. The van der Waals surface area contributed by atoms with Crippen LogP contribution in [0.15, 0.2) is 24.3 Å². The summed E-state index contributed by atoms with van der Waals surface area (Å²) in [5, 5.41) is 7.18. The van der Waals surface area contributed by atoms with E-state index in [0.717, 1.165) is 26.3 Å². The van der Waals surface area contributed by atoms with Gasteiger partial charge in [-0.25, -0.2) is 4.39 Å². The molecule has 0 radical (unpaired) electrons. The van der Waals surface area contributed by atoms with Crippen LogP contribution in [-0.2, 0) is 4.74 Å². The maximum absolute atomic E-state index is 13.1. The molecule has 2 aliphatic rings. The van der Waals surface area contributed by atoms with E-state index in [1.54, 1.807) is 12.1 Å². The van der Waals surface area contributed by atoms with Crippen LogP contribution >= 0.6 is 12.4 Å². The van der Waals surface area contributed by atoms with Crippen molar-refractivity contribution in [2.75, 3.05) is 32.9 Å². The highest BCUT2D eigenvalue weighted by molar-refractivity contribution is 5.85. The fraction of sp³-hybridized carbons (Fsp3) is 0.647. The van der Waals surface area contributed by atoms with E-state index in [9.17, 15) is 4.39 Å². The Bertz CT molecular complexity index is 472. The molecular formula is C17H26ClFN2O2. The van der Waals surface area contributed by atoms with Crippen LogP contribution < -0.4 is 15.4 Å². The van der Waals surface area contributed by atoms with Crippen LogP contribution in [0, 0.1) is 11.7 Å². The lowest BCUT2D eigenvalue weighted by atomic mass is 9.94. The van der Waals surface area contributed by atoms with Crippen LogP contribution in [0.1, 0.15) is 19.3 Å². The summed E-state index contributed by atoms with van der Waals surface area (Å²) in [6, 6.07) is 7.29. The molecule has 1 aromatic carbocycles. The lowest BCUT2D eigenvalue weighted by Gasteiger charge is -2.33. The Labute approximate surface area is 143 Å². The Morgan fingerprint density at radius 3 is 3.04 bits per heavy atom. The zero-order chi connectivity index (χ0) is 15.2. The third kappa shape index (κ3) is 5.31. The van der Waals surface area contributed by atoms with E-state index >= 15 is 0 Å². The van der Waals surface area contributed by atoms with Crippen molar-refractivity contribution in [2.45, 2.75) is 31.3 Å². The van der Waals surface area contributed by atoms with Crippen molar-refractivity contribution in [3.05, 3.63) is 30.1 Å². The van der Waals surface area contributed by atoms with E-state index in [4.69, 9.17) is 9.47 Å². The number of ether oxygens (including phenoxy) is 2. The number of morpholine rings is 1. The minimum absolute atomic E-state index is 0. The van der Waals surface area contributed by atoms with Crippen LogP contribution in [0.2, 0.25) is 0 Å². The molecule has 0 spiro atoms. The van der Waals surface area contributed by atoms with Gasteiger partial charge in [-0.3, -0.25) is 0 Å². The van der Waals surface area contributed by atoms with Crippen molar-refractivity contribution in [3.8, 4) is 5.75 Å². The minimum atomic E-state index is -0.260. The van der Waals surface area contributed by atoms with Gasteiger partial charge >= 0.3 is 0 Å². The van der Waals surface area contributed by atoms with E-state index in [1.165, 1.54) is 31.4 Å². The molecule has 0 amide bonds. The molecule has 23 heavy (non-hydrogen) atoms. The summed E-state index contributed by atoms with van der Waals surface area (Å²) in [4.78, 5) is 0. The molecule has 2 N–H and O–H groups in total. The third-order valence-electron chi connectivity index (χ3n) is 4.61. The minimum Gasteiger partial charge on any atom is -0.492 e. The van der Waals surface area contributed by atoms with Crippen molar-refractivity contribution >= 4 is 12.4 Å². The quantitative estimate of drug-likeness (QED) is 0.778. The number of benzene rings is 1. The second kappa shape index (κ2) is 9.42. The van der Waals surface area contributed by atoms with Gasteiger partial charge in [0.1, 0.15) is 18.2 Å². The molecule has 0 bridgehead atoms. The second-order valence-electron chi connectivity index (χ2n) is 6.10. The van der Waals surface area contributed by atoms with Crippen molar-refractivity contribution in [2.24, 2.45) is 5.92 Å². The Kier molecular flexibility index (Phi) is 7.56. The van der Waals surface area contributed by atoms with Gasteiger partial charge in [0.25, 0.3) is 0 Å². The zero-order valence-electron chi connectivity index (χ0n) is 13.3. The molecule has 1 saturated carbocycles. The van der Waals surface area contributed by atoms with Crippen LogP contribution in [-0.4, -0.2) is 45.0 Å². The molecule has 1 aliphatic carbocycles. The monoisotopic (exact) mass is 344 g/mol. The number of hydrogen-bond donors (Lipinski definition) is 2. The molecule has 3 rings (SSSR count). The first kappa shape index (κ1) is 18.5. The molecule has 4 nitrogen and oxygen atoms in total. The van der Waals surface area contributed by atoms with E-state index in [0.29, 0.717) is 30.4 Å². The standard InChI is InChI=1S/C17H25FN2O2.ClH/c18-13-3-1-4-14(11-13)22-10-8-19-16-6-2-5-15(16)17-12-21-9-7-20-17;/h1,3-4,11,15-17,19-20H,2,5-10,12H2;1H. The van der Waals surface area contributed by atoms with Gasteiger partial charge < -0.3 is 20.1 Å². The zero-order valence-corrected chi connectivity index (χ0v) is 14.1. The topological polar surface area (TPSA) is 42.5 Å². The molecule has 1 saturated heterocycles. The molecule has 1 aromatic rings. The SMILES string of the molecule is Cl.Fc1cccc(OCCNC2CCCC2C2COCCN2)c1. The summed E-state index contributed by atoms with van der Waals surface area (Å²) in [7, 11) is 0. The van der Waals surface area contributed by atoms with Crippen molar-refractivity contribution in [1.82, 2.24) is 10.6 Å². The van der Waals surface area contributed by atoms with Gasteiger partial charge in [-0.2, -0.15) is 0 Å². The fourth-order valence-electron chi connectivity index (χ4n) is 3.55. The first-order valence-corrected chi connectivity index (χ1v) is 8.26. The molecule has 2 fully saturated rings. The third-order valence-corrected chi connectivity index (χ3v) is 4.61. The number of nitrogens with one attached hydrogen (secondary N) is 2. The largest absolute Gasteiger partial charge is 0.492 e. The van der Waals surface area contributed by atoms with E-state index in [2.05, 4.69) is 10.6 Å². The maximum atomic E-state index is 13.1. The van der Waals surface area contributed by atoms with Crippen LogP contribution in [0.3, 0.4) is 0 Å². The lowest BCUT2D eigenvalue weighted by molar-refractivity contribution is 0.0523. The molecule has 1 heterocycles. The summed E-state index contributed by atoms with van der Waals surface area (Å²) < 4.78 is 24.2. The Balaban J connectivity index is 0.00000192. The smallest absolute Gasteiger partial charge is 0.126 e. The summed E-state index contributed by atoms with van der Waals surface area (Å²) in [6.45, 7) is 3.94. The lowest BCUT2D eigenvalue weighted by Crippen LogP contribution is -2.51. The summed E-state index contributed by atoms with van der Waals surface area (Å²) >= 11 is 0. The number of halogens is 2. The average molecular weight is 345 g/mol. The molecule has 6 heteroatoms. The molecule has 3 unspecified atom stereocenters.